The van der Waals surface area contributed by atoms with Crippen LogP contribution in [0.3, 0.4) is 0 Å². The molecule has 1 heterocycles. The van der Waals surface area contributed by atoms with E-state index in [1.807, 2.05) is 6.07 Å². The van der Waals surface area contributed by atoms with E-state index < -0.39 is 17.9 Å². The number of aromatic nitrogens is 1. The highest BCUT2D eigenvalue weighted by atomic mass is 32.1. The number of anilines is 1. The van der Waals surface area contributed by atoms with Crippen molar-refractivity contribution in [3.05, 3.63) is 18.2 Å². The summed E-state index contributed by atoms with van der Waals surface area (Å²) in [6.45, 7) is 0. The van der Waals surface area contributed by atoms with Crippen LogP contribution in [-0.4, -0.2) is 29.9 Å². The standard InChI is InChI=1S/C12H14N4O3S/c1-19-6-2-3-8-9(4-6)20-12(15-8)16-11(18)7(13)5-10(14)17/h2-4,7H,5,13H2,1H3,(H2,14,17)(H,15,16,18). The molecule has 0 spiro atoms. The van der Waals surface area contributed by atoms with Crippen LogP contribution < -0.4 is 21.5 Å². The number of amides is 2. The van der Waals surface area contributed by atoms with Crippen LogP contribution in [0.4, 0.5) is 5.13 Å². The number of carbonyl (C=O) groups excluding carboxylic acids is 2. The van der Waals surface area contributed by atoms with Gasteiger partial charge in [-0.25, -0.2) is 4.98 Å². The normalized spacial score (nSPS) is 12.1. The van der Waals surface area contributed by atoms with E-state index in [2.05, 4.69) is 10.3 Å². The van der Waals surface area contributed by atoms with E-state index in [1.54, 1.807) is 19.2 Å². The topological polar surface area (TPSA) is 120 Å². The molecule has 7 nitrogen and oxygen atoms in total. The zero-order chi connectivity index (χ0) is 14.7. The van der Waals surface area contributed by atoms with Crippen molar-refractivity contribution in [2.75, 3.05) is 12.4 Å². The predicted molar refractivity (Wildman–Crippen MR) is 76.6 cm³/mol. The lowest BCUT2D eigenvalue weighted by atomic mass is 10.2. The Balaban J connectivity index is 2.13. The van der Waals surface area contributed by atoms with Gasteiger partial charge in [0, 0.05) is 0 Å². The molecule has 1 aromatic heterocycles. The fraction of sp³-hybridized carbons (Fsp3) is 0.250. The molecule has 0 saturated carbocycles. The van der Waals surface area contributed by atoms with E-state index in [-0.39, 0.29) is 6.42 Å². The third kappa shape index (κ3) is 3.22. The Bertz CT molecular complexity index is 655. The molecule has 1 unspecified atom stereocenters. The van der Waals surface area contributed by atoms with Crippen molar-refractivity contribution in [2.45, 2.75) is 12.5 Å². The predicted octanol–water partition coefficient (Wildman–Crippen LogP) is 0.446. The number of benzene rings is 1. The van der Waals surface area contributed by atoms with Gasteiger partial charge >= 0.3 is 0 Å². The number of fused-ring (bicyclic) bond motifs is 1. The summed E-state index contributed by atoms with van der Waals surface area (Å²) >= 11 is 1.30. The van der Waals surface area contributed by atoms with Gasteiger partial charge in [-0.1, -0.05) is 11.3 Å². The molecule has 106 valence electrons. The van der Waals surface area contributed by atoms with Crippen molar-refractivity contribution >= 4 is 38.5 Å². The van der Waals surface area contributed by atoms with Crippen LogP contribution in [0.25, 0.3) is 10.2 Å². The van der Waals surface area contributed by atoms with Gasteiger partial charge in [0.15, 0.2) is 5.13 Å². The van der Waals surface area contributed by atoms with Gasteiger partial charge in [-0.15, -0.1) is 0 Å². The summed E-state index contributed by atoms with van der Waals surface area (Å²) in [5.41, 5.74) is 11.3. The number of ether oxygens (including phenoxy) is 1. The Kier molecular flexibility index (Phi) is 4.16. The number of nitrogens with one attached hydrogen (secondary N) is 1. The summed E-state index contributed by atoms with van der Waals surface area (Å²) < 4.78 is 5.99. The van der Waals surface area contributed by atoms with E-state index in [1.165, 1.54) is 11.3 Å². The van der Waals surface area contributed by atoms with E-state index in [4.69, 9.17) is 16.2 Å². The van der Waals surface area contributed by atoms with Crippen LogP contribution in [0.2, 0.25) is 0 Å². The SMILES string of the molecule is COc1ccc2nc(NC(=O)C(N)CC(N)=O)sc2c1. The summed E-state index contributed by atoms with van der Waals surface area (Å²) in [6, 6.07) is 4.43. The lowest BCUT2D eigenvalue weighted by Crippen LogP contribution is -2.38. The molecule has 2 rings (SSSR count). The van der Waals surface area contributed by atoms with Crippen LogP contribution in [0.15, 0.2) is 18.2 Å². The maximum atomic E-state index is 11.7. The number of rotatable bonds is 5. The third-order valence-corrected chi connectivity index (χ3v) is 3.52. The van der Waals surface area contributed by atoms with Gasteiger partial charge in [0.25, 0.3) is 0 Å². The average Bonchev–Trinajstić information content (AvgIpc) is 2.78. The first-order chi connectivity index (χ1) is 9.49. The molecule has 0 aliphatic rings. The summed E-state index contributed by atoms with van der Waals surface area (Å²) in [7, 11) is 1.58. The highest BCUT2D eigenvalue weighted by Crippen LogP contribution is 2.29. The van der Waals surface area contributed by atoms with Crippen molar-refractivity contribution < 1.29 is 14.3 Å². The minimum Gasteiger partial charge on any atom is -0.497 e. The van der Waals surface area contributed by atoms with Gasteiger partial charge < -0.3 is 21.5 Å². The Labute approximate surface area is 118 Å². The third-order valence-electron chi connectivity index (χ3n) is 2.58. The van der Waals surface area contributed by atoms with Crippen molar-refractivity contribution in [1.82, 2.24) is 4.98 Å². The Morgan fingerprint density at radius 3 is 2.90 bits per heavy atom. The minimum atomic E-state index is -0.978. The second-order valence-corrected chi connectivity index (χ2v) is 5.15. The van der Waals surface area contributed by atoms with E-state index >= 15 is 0 Å². The summed E-state index contributed by atoms with van der Waals surface area (Å²) in [4.78, 5) is 26.7. The summed E-state index contributed by atoms with van der Waals surface area (Å²) in [6.07, 6.45) is -0.204. The van der Waals surface area contributed by atoms with Crippen molar-refractivity contribution in [1.29, 1.82) is 0 Å². The largest absolute Gasteiger partial charge is 0.497 e. The molecule has 1 aromatic carbocycles. The fourth-order valence-corrected chi connectivity index (χ4v) is 2.49. The number of methoxy groups -OCH3 is 1. The van der Waals surface area contributed by atoms with Crippen LogP contribution in [-0.2, 0) is 9.59 Å². The smallest absolute Gasteiger partial charge is 0.243 e. The Morgan fingerprint density at radius 2 is 2.25 bits per heavy atom. The molecule has 0 aliphatic heterocycles. The van der Waals surface area contributed by atoms with Gasteiger partial charge in [0.1, 0.15) is 5.75 Å². The van der Waals surface area contributed by atoms with Gasteiger partial charge in [0.05, 0.1) is 29.8 Å². The second kappa shape index (κ2) is 5.85. The first-order valence-corrected chi connectivity index (χ1v) is 6.60. The molecule has 0 bridgehead atoms. The molecule has 1 atom stereocenters. The molecule has 0 fully saturated rings. The molecule has 0 saturated heterocycles. The van der Waals surface area contributed by atoms with Crippen molar-refractivity contribution in [3.8, 4) is 5.75 Å². The Morgan fingerprint density at radius 1 is 1.50 bits per heavy atom. The van der Waals surface area contributed by atoms with E-state index in [9.17, 15) is 9.59 Å². The minimum absolute atomic E-state index is 0.204. The molecule has 0 aliphatic carbocycles. The number of hydrogen-bond donors (Lipinski definition) is 3. The summed E-state index contributed by atoms with van der Waals surface area (Å²) in [5, 5.41) is 2.98. The lowest BCUT2D eigenvalue weighted by molar-refractivity contribution is -0.123. The maximum absolute atomic E-state index is 11.7. The second-order valence-electron chi connectivity index (χ2n) is 4.12. The number of carbonyl (C=O) groups is 2. The molecular weight excluding hydrogens is 280 g/mol. The number of primary amides is 1. The molecule has 5 N–H and O–H groups in total. The van der Waals surface area contributed by atoms with Crippen LogP contribution in [0, 0.1) is 0 Å². The molecule has 2 aromatic rings. The lowest BCUT2D eigenvalue weighted by Gasteiger charge is -2.07. The average molecular weight is 294 g/mol. The van der Waals surface area contributed by atoms with Crippen LogP contribution in [0.1, 0.15) is 6.42 Å². The number of hydrogen-bond acceptors (Lipinski definition) is 6. The van der Waals surface area contributed by atoms with Gasteiger partial charge in [-0.2, -0.15) is 0 Å². The van der Waals surface area contributed by atoms with Crippen LogP contribution >= 0.6 is 11.3 Å². The van der Waals surface area contributed by atoms with Gasteiger partial charge in [-0.3, -0.25) is 9.59 Å². The quantitative estimate of drug-likeness (QED) is 0.739. The van der Waals surface area contributed by atoms with Gasteiger partial charge in [-0.05, 0) is 18.2 Å². The van der Waals surface area contributed by atoms with Gasteiger partial charge in [0.2, 0.25) is 11.8 Å². The molecule has 8 heteroatoms. The number of thiazole rings is 1. The van der Waals surface area contributed by atoms with Crippen LogP contribution in [0.5, 0.6) is 5.75 Å². The summed E-state index contributed by atoms with van der Waals surface area (Å²) in [5.74, 6) is -0.402. The molecule has 2 amide bonds. The highest BCUT2D eigenvalue weighted by Gasteiger charge is 2.17. The van der Waals surface area contributed by atoms with E-state index in [0.717, 1.165) is 10.2 Å². The first kappa shape index (κ1) is 14.2. The monoisotopic (exact) mass is 294 g/mol. The fourth-order valence-electron chi connectivity index (χ4n) is 1.59. The van der Waals surface area contributed by atoms with E-state index in [0.29, 0.717) is 10.9 Å². The molecule has 0 radical (unpaired) electrons. The Hall–Kier alpha value is -2.19. The molecular formula is C12H14N4O3S. The molecule has 20 heavy (non-hydrogen) atoms. The maximum Gasteiger partial charge on any atom is 0.243 e. The number of nitrogens with two attached hydrogens (primary N) is 2. The first-order valence-electron chi connectivity index (χ1n) is 5.79. The highest BCUT2D eigenvalue weighted by molar-refractivity contribution is 7.22. The van der Waals surface area contributed by atoms with Crippen molar-refractivity contribution in [3.63, 3.8) is 0 Å². The zero-order valence-electron chi connectivity index (χ0n) is 10.8. The van der Waals surface area contributed by atoms with Crippen molar-refractivity contribution in [2.24, 2.45) is 11.5 Å². The number of nitrogens with zero attached hydrogens (tertiary/aromatic N) is 1. The zero-order valence-corrected chi connectivity index (χ0v) is 11.6.